The summed E-state index contributed by atoms with van der Waals surface area (Å²) in [6.45, 7) is -0.358. The van der Waals surface area contributed by atoms with Gasteiger partial charge in [-0.1, -0.05) is 0 Å². The van der Waals surface area contributed by atoms with Crippen molar-refractivity contribution in [2.75, 3.05) is 32.0 Å². The Bertz CT molecular complexity index is 790. The van der Waals surface area contributed by atoms with Gasteiger partial charge in [0.25, 0.3) is 0 Å². The Kier molecular flexibility index (Phi) is 4.00. The maximum Gasteiger partial charge on any atom is 0.249 e. The lowest BCUT2D eigenvalue weighted by atomic mass is 10.1. The van der Waals surface area contributed by atoms with E-state index in [0.29, 0.717) is 30.2 Å². The van der Waals surface area contributed by atoms with Crippen LogP contribution in [0.3, 0.4) is 0 Å². The molecule has 2 fully saturated rings. The summed E-state index contributed by atoms with van der Waals surface area (Å²) in [5.74, 6) is 0.440. The van der Waals surface area contributed by atoms with Crippen molar-refractivity contribution in [1.29, 1.82) is 0 Å². The highest BCUT2D eigenvalue weighted by Gasteiger charge is 2.72. The number of likely N-dealkylation sites (N-methyl/N-ethyl adjacent to an activating group) is 1. The van der Waals surface area contributed by atoms with Crippen LogP contribution in [0.2, 0.25) is 0 Å². The minimum Gasteiger partial charge on any atom is -0.454 e. The third-order valence-corrected chi connectivity index (χ3v) is 6.36. The average Bonchev–Trinajstić information content (AvgIpc) is 2.98. The molecule has 1 aromatic rings. The van der Waals surface area contributed by atoms with Crippen LogP contribution in [-0.4, -0.2) is 54.1 Å². The Hall–Kier alpha value is -1.73. The highest BCUT2D eigenvalue weighted by Crippen LogP contribution is 2.65. The second kappa shape index (κ2) is 5.89. The number of anilines is 1. The molecule has 26 heavy (non-hydrogen) atoms. The van der Waals surface area contributed by atoms with Crippen LogP contribution in [0, 0.1) is 5.41 Å². The van der Waals surface area contributed by atoms with Gasteiger partial charge in [-0.15, -0.1) is 23.2 Å². The topological polar surface area (TPSA) is 59.1 Å². The summed E-state index contributed by atoms with van der Waals surface area (Å²) < 4.78 is 22.7. The molecule has 2 heterocycles. The molecule has 2 atom stereocenters. The SMILES string of the molecule is CN(C(=O)C1(CF)CC1(Cl)Cl)C1CCN(c2ccc3c(c2)OCO3)C1=O. The molecule has 1 saturated carbocycles. The summed E-state index contributed by atoms with van der Waals surface area (Å²) in [7, 11) is 1.49. The summed E-state index contributed by atoms with van der Waals surface area (Å²) in [5.41, 5.74) is -0.782. The number of ether oxygens (including phenoxy) is 2. The maximum absolute atomic E-state index is 13.5. The lowest BCUT2D eigenvalue weighted by Crippen LogP contribution is -2.47. The number of amides is 2. The molecule has 2 aliphatic heterocycles. The van der Waals surface area contributed by atoms with E-state index in [2.05, 4.69) is 0 Å². The Morgan fingerprint density at radius 3 is 2.73 bits per heavy atom. The van der Waals surface area contributed by atoms with Gasteiger partial charge in [0.1, 0.15) is 22.5 Å². The third-order valence-electron chi connectivity index (χ3n) is 5.37. The first-order chi connectivity index (χ1) is 12.3. The zero-order valence-electron chi connectivity index (χ0n) is 14.0. The number of benzene rings is 1. The van der Waals surface area contributed by atoms with Gasteiger partial charge in [0.15, 0.2) is 11.5 Å². The van der Waals surface area contributed by atoms with E-state index < -0.39 is 28.4 Å². The van der Waals surface area contributed by atoms with Gasteiger partial charge in [0, 0.05) is 31.8 Å². The molecule has 1 aliphatic carbocycles. The van der Waals surface area contributed by atoms with E-state index in [4.69, 9.17) is 32.7 Å². The van der Waals surface area contributed by atoms with Gasteiger partial charge >= 0.3 is 0 Å². The smallest absolute Gasteiger partial charge is 0.249 e. The predicted molar refractivity (Wildman–Crippen MR) is 93.6 cm³/mol. The highest BCUT2D eigenvalue weighted by atomic mass is 35.5. The molecule has 6 nitrogen and oxygen atoms in total. The maximum atomic E-state index is 13.5. The van der Waals surface area contributed by atoms with Crippen LogP contribution in [0.4, 0.5) is 10.1 Å². The van der Waals surface area contributed by atoms with E-state index in [0.717, 1.165) is 0 Å². The van der Waals surface area contributed by atoms with E-state index in [1.807, 2.05) is 0 Å². The number of hydrogen-bond acceptors (Lipinski definition) is 4. The molecular formula is C17H17Cl2FN2O4. The zero-order valence-corrected chi connectivity index (χ0v) is 15.5. The number of carbonyl (C=O) groups is 2. The van der Waals surface area contributed by atoms with Gasteiger partial charge in [0.2, 0.25) is 18.6 Å². The molecule has 140 valence electrons. The standard InChI is InChI=1S/C17H17Cl2FN2O4/c1-21(15(24)16(8-20)7-17(16,18)19)11-4-5-22(14(11)23)10-2-3-12-13(6-10)26-9-25-12/h2-3,6,11H,4-5,7-9H2,1H3. The highest BCUT2D eigenvalue weighted by molar-refractivity contribution is 6.53. The van der Waals surface area contributed by atoms with Crippen molar-refractivity contribution in [3.05, 3.63) is 18.2 Å². The first-order valence-corrected chi connectivity index (χ1v) is 8.98. The minimum atomic E-state index is -1.45. The molecule has 0 aromatic heterocycles. The van der Waals surface area contributed by atoms with Crippen molar-refractivity contribution in [2.45, 2.75) is 23.2 Å². The van der Waals surface area contributed by atoms with Gasteiger partial charge in [-0.2, -0.15) is 0 Å². The summed E-state index contributed by atoms with van der Waals surface area (Å²) in [6.07, 6.45) is 0.491. The number of hydrogen-bond donors (Lipinski definition) is 0. The van der Waals surface area contributed by atoms with Crippen LogP contribution >= 0.6 is 23.2 Å². The van der Waals surface area contributed by atoms with E-state index in [1.54, 1.807) is 23.1 Å². The number of fused-ring (bicyclic) bond motifs is 1. The van der Waals surface area contributed by atoms with Gasteiger partial charge in [-0.05, 0) is 18.6 Å². The van der Waals surface area contributed by atoms with Crippen LogP contribution in [0.5, 0.6) is 11.5 Å². The summed E-state index contributed by atoms with van der Waals surface area (Å²) in [5, 5.41) is 0. The number of carbonyl (C=O) groups excluding carboxylic acids is 2. The van der Waals surface area contributed by atoms with Gasteiger partial charge in [-0.25, -0.2) is 4.39 Å². The fraction of sp³-hybridized carbons (Fsp3) is 0.529. The monoisotopic (exact) mass is 402 g/mol. The second-order valence-electron chi connectivity index (χ2n) is 6.84. The van der Waals surface area contributed by atoms with Crippen LogP contribution in [0.1, 0.15) is 12.8 Å². The van der Waals surface area contributed by atoms with E-state index in [-0.39, 0.29) is 19.1 Å². The van der Waals surface area contributed by atoms with Crippen LogP contribution in [0.25, 0.3) is 0 Å². The summed E-state index contributed by atoms with van der Waals surface area (Å²) in [6, 6.07) is 4.56. The minimum absolute atomic E-state index is 0.0512. The van der Waals surface area contributed by atoms with Crippen LogP contribution < -0.4 is 14.4 Å². The molecule has 0 N–H and O–H groups in total. The third kappa shape index (κ3) is 2.44. The number of rotatable bonds is 4. The molecule has 0 spiro atoms. The van der Waals surface area contributed by atoms with Crippen molar-refractivity contribution in [3.8, 4) is 11.5 Å². The lowest BCUT2D eigenvalue weighted by Gasteiger charge is -2.27. The zero-order chi connectivity index (χ0) is 18.7. The number of halogens is 3. The van der Waals surface area contributed by atoms with E-state index in [1.165, 1.54) is 11.9 Å². The normalized spacial score (nSPS) is 28.4. The van der Waals surface area contributed by atoms with Gasteiger partial charge < -0.3 is 19.3 Å². The molecular weight excluding hydrogens is 386 g/mol. The molecule has 2 unspecified atom stereocenters. The van der Waals surface area contributed by atoms with Gasteiger partial charge in [0.05, 0.1) is 0 Å². The predicted octanol–water partition coefficient (Wildman–Crippen LogP) is 2.51. The van der Waals surface area contributed by atoms with Crippen molar-refractivity contribution in [2.24, 2.45) is 5.41 Å². The fourth-order valence-corrected chi connectivity index (χ4v) is 4.30. The average molecular weight is 403 g/mol. The number of nitrogens with zero attached hydrogens (tertiary/aromatic N) is 2. The first kappa shape index (κ1) is 17.7. The quantitative estimate of drug-likeness (QED) is 0.726. The largest absolute Gasteiger partial charge is 0.454 e. The summed E-state index contributed by atoms with van der Waals surface area (Å²) >= 11 is 12.0. The second-order valence-corrected chi connectivity index (χ2v) is 8.33. The summed E-state index contributed by atoms with van der Waals surface area (Å²) in [4.78, 5) is 28.4. The molecule has 0 radical (unpaired) electrons. The molecule has 2 amide bonds. The molecule has 4 rings (SSSR count). The number of alkyl halides is 3. The van der Waals surface area contributed by atoms with Crippen LogP contribution in [0.15, 0.2) is 18.2 Å². The molecule has 9 heteroatoms. The Morgan fingerprint density at radius 1 is 1.38 bits per heavy atom. The molecule has 1 saturated heterocycles. The van der Waals surface area contributed by atoms with Crippen molar-refractivity contribution in [3.63, 3.8) is 0 Å². The van der Waals surface area contributed by atoms with Crippen LogP contribution in [-0.2, 0) is 9.59 Å². The van der Waals surface area contributed by atoms with Crippen molar-refractivity contribution < 1.29 is 23.5 Å². The Labute approximate surface area is 159 Å². The Morgan fingerprint density at radius 2 is 2.08 bits per heavy atom. The lowest BCUT2D eigenvalue weighted by molar-refractivity contribution is -0.142. The van der Waals surface area contributed by atoms with E-state index >= 15 is 0 Å². The molecule has 3 aliphatic rings. The van der Waals surface area contributed by atoms with Crippen molar-refractivity contribution in [1.82, 2.24) is 4.90 Å². The Balaban J connectivity index is 1.51. The van der Waals surface area contributed by atoms with Gasteiger partial charge in [-0.3, -0.25) is 9.59 Å². The first-order valence-electron chi connectivity index (χ1n) is 8.23. The van der Waals surface area contributed by atoms with E-state index in [9.17, 15) is 14.0 Å². The fourth-order valence-electron chi connectivity index (χ4n) is 3.58. The molecule has 0 bridgehead atoms. The molecule has 1 aromatic carbocycles. The van der Waals surface area contributed by atoms with Crippen molar-refractivity contribution >= 4 is 40.7 Å².